The van der Waals surface area contributed by atoms with Crippen LogP contribution in [0.2, 0.25) is 0 Å². The van der Waals surface area contributed by atoms with E-state index in [1.165, 1.54) is 20.2 Å². The van der Waals surface area contributed by atoms with Gasteiger partial charge in [0, 0.05) is 18.7 Å². The highest BCUT2D eigenvalue weighted by Crippen LogP contribution is 2.22. The van der Waals surface area contributed by atoms with E-state index in [1.54, 1.807) is 24.3 Å². The molecule has 0 aliphatic carbocycles. The van der Waals surface area contributed by atoms with Crippen LogP contribution in [0.3, 0.4) is 0 Å². The lowest BCUT2D eigenvalue weighted by atomic mass is 10.00. The molecule has 0 fully saturated rings. The summed E-state index contributed by atoms with van der Waals surface area (Å²) in [6.45, 7) is 1.35. The number of benzene rings is 2. The Morgan fingerprint density at radius 3 is 2.45 bits per heavy atom. The number of nitrogens with one attached hydrogen (secondary N) is 2. The molecule has 0 saturated heterocycles. The molecule has 0 saturated carbocycles. The Bertz CT molecular complexity index is 1040. The Hall–Kier alpha value is -3.66. The Balaban J connectivity index is 1.71. The predicted octanol–water partition coefficient (Wildman–Crippen LogP) is 1.17. The average Bonchev–Trinajstić information content (AvgIpc) is 2.84. The van der Waals surface area contributed by atoms with E-state index in [-0.39, 0.29) is 5.56 Å². The highest BCUT2D eigenvalue weighted by molar-refractivity contribution is 5.96. The van der Waals surface area contributed by atoms with Crippen LogP contribution in [0.5, 0.6) is 0 Å². The summed E-state index contributed by atoms with van der Waals surface area (Å²) < 4.78 is 26.7. The smallest absolute Gasteiger partial charge is 0.269 e. The number of hydrogen-bond acceptors (Lipinski definition) is 5. The molecule has 3 N–H and O–H groups in total. The standard InChI is InChI=1S/C21H20F2N4O4/c1-11(25-20(30)18(28)13-7-14(22)9-15(23)8-13)19(29)26-17-16-6-4-3-5-12(16)10-24-27(2)21(17)31/h3-11,17-18,28H,1-2H3,(H,25,30)(H,26,29)/t11-,17-,18-/m0/s1. The van der Waals surface area contributed by atoms with Gasteiger partial charge in [-0.3, -0.25) is 14.4 Å². The quantitative estimate of drug-likeness (QED) is 0.661. The van der Waals surface area contributed by atoms with Crippen LogP contribution < -0.4 is 10.6 Å². The largest absolute Gasteiger partial charge is 0.378 e. The Kier molecular flexibility index (Phi) is 6.40. The highest BCUT2D eigenvalue weighted by Gasteiger charge is 2.31. The summed E-state index contributed by atoms with van der Waals surface area (Å²) in [5.41, 5.74) is 0.878. The number of hydrazone groups is 1. The van der Waals surface area contributed by atoms with Crippen LogP contribution in [0, 0.1) is 11.6 Å². The molecule has 3 amide bonds. The van der Waals surface area contributed by atoms with Crippen molar-refractivity contribution < 1.29 is 28.3 Å². The number of likely N-dealkylation sites (N-methyl/N-ethyl adjacent to an activating group) is 1. The molecule has 0 spiro atoms. The molecule has 162 valence electrons. The van der Waals surface area contributed by atoms with Crippen molar-refractivity contribution in [1.29, 1.82) is 0 Å². The van der Waals surface area contributed by atoms with E-state index in [9.17, 15) is 28.3 Å². The molecule has 1 aliphatic heterocycles. The van der Waals surface area contributed by atoms with E-state index in [0.717, 1.165) is 17.1 Å². The van der Waals surface area contributed by atoms with E-state index in [2.05, 4.69) is 15.7 Å². The maximum atomic E-state index is 13.3. The predicted molar refractivity (Wildman–Crippen MR) is 107 cm³/mol. The molecule has 0 bridgehead atoms. The topological polar surface area (TPSA) is 111 Å². The lowest BCUT2D eigenvalue weighted by molar-refractivity contribution is -0.137. The maximum Gasteiger partial charge on any atom is 0.269 e. The molecule has 1 aliphatic rings. The van der Waals surface area contributed by atoms with Crippen molar-refractivity contribution in [3.8, 4) is 0 Å². The number of aliphatic hydroxyl groups is 1. The lowest BCUT2D eigenvalue weighted by Crippen LogP contribution is -2.49. The van der Waals surface area contributed by atoms with Crippen LogP contribution in [0.4, 0.5) is 8.78 Å². The van der Waals surface area contributed by atoms with Gasteiger partial charge in [-0.25, -0.2) is 13.8 Å². The number of rotatable bonds is 5. The van der Waals surface area contributed by atoms with Gasteiger partial charge < -0.3 is 15.7 Å². The van der Waals surface area contributed by atoms with Crippen molar-refractivity contribution in [2.75, 3.05) is 7.05 Å². The SMILES string of the molecule is C[C@H](NC(=O)[C@@H](O)c1cc(F)cc(F)c1)C(=O)N[C@@H]1C(=O)N(C)N=Cc2ccccc21. The third kappa shape index (κ3) is 4.92. The number of hydrogen-bond donors (Lipinski definition) is 3. The molecule has 10 heteroatoms. The number of fused-ring (bicyclic) bond motifs is 1. The molecule has 3 rings (SSSR count). The molecule has 2 aromatic rings. The molecule has 2 aromatic carbocycles. The minimum atomic E-state index is -1.89. The van der Waals surface area contributed by atoms with Gasteiger partial charge in [0.25, 0.3) is 11.8 Å². The van der Waals surface area contributed by atoms with Crippen LogP contribution in [0.15, 0.2) is 47.6 Å². The summed E-state index contributed by atoms with van der Waals surface area (Å²) in [6, 6.07) is 6.92. The molecule has 3 atom stereocenters. The normalized spacial score (nSPS) is 17.4. The van der Waals surface area contributed by atoms with Crippen molar-refractivity contribution >= 4 is 23.9 Å². The molecular formula is C21H20F2N4O4. The van der Waals surface area contributed by atoms with Crippen molar-refractivity contribution in [3.05, 3.63) is 70.8 Å². The minimum Gasteiger partial charge on any atom is -0.378 e. The van der Waals surface area contributed by atoms with Crippen molar-refractivity contribution in [1.82, 2.24) is 15.6 Å². The number of amides is 3. The number of halogens is 2. The summed E-state index contributed by atoms with van der Waals surface area (Å²) in [5, 5.41) is 20.0. The average molecular weight is 430 g/mol. The van der Waals surface area contributed by atoms with Gasteiger partial charge in [-0.15, -0.1) is 0 Å². The molecule has 1 heterocycles. The third-order valence-electron chi connectivity index (χ3n) is 4.73. The zero-order valence-corrected chi connectivity index (χ0v) is 16.7. The van der Waals surface area contributed by atoms with E-state index in [1.807, 2.05) is 0 Å². The van der Waals surface area contributed by atoms with Gasteiger partial charge in [0.1, 0.15) is 23.7 Å². The van der Waals surface area contributed by atoms with Crippen molar-refractivity contribution in [3.63, 3.8) is 0 Å². The zero-order chi connectivity index (χ0) is 22.7. The first kappa shape index (κ1) is 22.0. The van der Waals surface area contributed by atoms with E-state index in [4.69, 9.17) is 0 Å². The van der Waals surface area contributed by atoms with Gasteiger partial charge in [-0.2, -0.15) is 5.10 Å². The summed E-state index contributed by atoms with van der Waals surface area (Å²) in [4.78, 5) is 37.6. The fourth-order valence-corrected chi connectivity index (χ4v) is 3.07. The number of aliphatic hydroxyl groups excluding tert-OH is 1. The number of nitrogens with zero attached hydrogens (tertiary/aromatic N) is 2. The summed E-state index contributed by atoms with van der Waals surface area (Å²) in [7, 11) is 1.45. The summed E-state index contributed by atoms with van der Waals surface area (Å²) in [5.74, 6) is -4.12. The summed E-state index contributed by atoms with van der Waals surface area (Å²) >= 11 is 0. The second kappa shape index (κ2) is 9.00. The first-order valence-electron chi connectivity index (χ1n) is 9.32. The highest BCUT2D eigenvalue weighted by atomic mass is 19.1. The Labute approximate surface area is 176 Å². The number of carbonyl (C=O) groups is 3. The monoisotopic (exact) mass is 430 g/mol. The van der Waals surface area contributed by atoms with Crippen LogP contribution >= 0.6 is 0 Å². The van der Waals surface area contributed by atoms with Gasteiger partial charge in [-0.1, -0.05) is 24.3 Å². The molecule has 0 unspecified atom stereocenters. The molecule has 0 radical (unpaired) electrons. The van der Waals surface area contributed by atoms with Crippen LogP contribution in [0.1, 0.15) is 35.8 Å². The molecule has 0 aromatic heterocycles. The van der Waals surface area contributed by atoms with Crippen LogP contribution in [-0.2, 0) is 14.4 Å². The molecule has 31 heavy (non-hydrogen) atoms. The lowest BCUT2D eigenvalue weighted by Gasteiger charge is -2.23. The van der Waals surface area contributed by atoms with E-state index in [0.29, 0.717) is 17.2 Å². The van der Waals surface area contributed by atoms with Crippen molar-refractivity contribution in [2.45, 2.75) is 25.1 Å². The fourth-order valence-electron chi connectivity index (χ4n) is 3.07. The van der Waals surface area contributed by atoms with Gasteiger partial charge in [0.2, 0.25) is 5.91 Å². The van der Waals surface area contributed by atoms with Gasteiger partial charge >= 0.3 is 0 Å². The van der Waals surface area contributed by atoms with E-state index < -0.39 is 47.5 Å². The number of carbonyl (C=O) groups excluding carboxylic acids is 3. The second-order valence-corrected chi connectivity index (χ2v) is 7.01. The first-order valence-corrected chi connectivity index (χ1v) is 9.32. The second-order valence-electron chi connectivity index (χ2n) is 7.01. The van der Waals surface area contributed by atoms with Gasteiger partial charge in [0.15, 0.2) is 6.10 Å². The Morgan fingerprint density at radius 2 is 1.77 bits per heavy atom. The van der Waals surface area contributed by atoms with E-state index >= 15 is 0 Å². The minimum absolute atomic E-state index is 0.297. The van der Waals surface area contributed by atoms with Gasteiger partial charge in [-0.05, 0) is 30.2 Å². The maximum absolute atomic E-state index is 13.3. The summed E-state index contributed by atoms with van der Waals surface area (Å²) in [6.07, 6.45) is -0.390. The van der Waals surface area contributed by atoms with Gasteiger partial charge in [0.05, 0.1) is 6.21 Å². The van der Waals surface area contributed by atoms with Crippen LogP contribution in [0.25, 0.3) is 0 Å². The third-order valence-corrected chi connectivity index (χ3v) is 4.73. The first-order chi connectivity index (χ1) is 14.7. The van der Waals surface area contributed by atoms with Crippen molar-refractivity contribution in [2.24, 2.45) is 5.10 Å². The zero-order valence-electron chi connectivity index (χ0n) is 16.7. The molecular weight excluding hydrogens is 410 g/mol. The molecule has 8 nitrogen and oxygen atoms in total. The van der Waals surface area contributed by atoms with Crippen LogP contribution in [-0.4, -0.2) is 47.1 Å². The Morgan fingerprint density at radius 1 is 1.13 bits per heavy atom. The fraction of sp³-hybridized carbons (Fsp3) is 0.238.